The normalized spacial score (nSPS) is 9.50. The van der Waals surface area contributed by atoms with Gasteiger partial charge >= 0.3 is 11.8 Å². The predicted molar refractivity (Wildman–Crippen MR) is 55.2 cm³/mol. The highest BCUT2D eigenvalue weighted by atomic mass is 79.9. The summed E-state index contributed by atoms with van der Waals surface area (Å²) in [6.07, 6.45) is 0. The van der Waals surface area contributed by atoms with Gasteiger partial charge in [-0.05, 0) is 17.7 Å². The number of carbonyl (C=O) groups excluding carboxylic acids is 2. The third-order valence-corrected chi connectivity index (χ3v) is 2.06. The van der Waals surface area contributed by atoms with Crippen LogP contribution < -0.4 is 11.1 Å². The third-order valence-electron chi connectivity index (χ3n) is 1.57. The standard InChI is InChI=1S/C9H9BrN2O2/c10-7-3-1-2-6(4-7)5-12-9(14)8(11)13/h1-4H,5H2,(H2,11,13)(H,12,14). The molecule has 1 rings (SSSR count). The van der Waals surface area contributed by atoms with Gasteiger partial charge in [0.05, 0.1) is 0 Å². The van der Waals surface area contributed by atoms with E-state index in [0.29, 0.717) is 6.54 Å². The number of hydrogen-bond donors (Lipinski definition) is 2. The molecule has 2 amide bonds. The molecule has 0 saturated heterocycles. The molecule has 74 valence electrons. The number of rotatable bonds is 2. The first-order chi connectivity index (χ1) is 6.59. The van der Waals surface area contributed by atoms with Gasteiger partial charge in [-0.25, -0.2) is 0 Å². The summed E-state index contributed by atoms with van der Waals surface area (Å²) in [6, 6.07) is 7.41. The van der Waals surface area contributed by atoms with Gasteiger partial charge in [-0.1, -0.05) is 28.1 Å². The van der Waals surface area contributed by atoms with Gasteiger partial charge in [0.15, 0.2) is 0 Å². The number of carbonyl (C=O) groups is 2. The van der Waals surface area contributed by atoms with Crippen LogP contribution in [0.25, 0.3) is 0 Å². The Morgan fingerprint density at radius 3 is 2.71 bits per heavy atom. The van der Waals surface area contributed by atoms with E-state index >= 15 is 0 Å². The van der Waals surface area contributed by atoms with Crippen LogP contribution in [0.1, 0.15) is 5.56 Å². The molecule has 0 aliphatic rings. The zero-order chi connectivity index (χ0) is 10.6. The molecule has 0 saturated carbocycles. The number of nitrogens with one attached hydrogen (secondary N) is 1. The molecule has 0 spiro atoms. The molecule has 0 unspecified atom stereocenters. The molecule has 5 heteroatoms. The van der Waals surface area contributed by atoms with Gasteiger partial charge in [0, 0.05) is 11.0 Å². The van der Waals surface area contributed by atoms with Crippen molar-refractivity contribution in [3.63, 3.8) is 0 Å². The Morgan fingerprint density at radius 2 is 2.14 bits per heavy atom. The van der Waals surface area contributed by atoms with Crippen LogP contribution in [0, 0.1) is 0 Å². The number of primary amides is 1. The molecule has 0 heterocycles. The lowest BCUT2D eigenvalue weighted by Gasteiger charge is -2.02. The van der Waals surface area contributed by atoms with Crippen LogP contribution >= 0.6 is 15.9 Å². The Kier molecular flexibility index (Phi) is 3.64. The Morgan fingerprint density at radius 1 is 1.43 bits per heavy atom. The lowest BCUT2D eigenvalue weighted by molar-refractivity contribution is -0.137. The predicted octanol–water partition coefficient (Wildman–Crippen LogP) is 0.551. The van der Waals surface area contributed by atoms with Crippen LogP contribution in [0.3, 0.4) is 0 Å². The van der Waals surface area contributed by atoms with Crippen molar-refractivity contribution < 1.29 is 9.59 Å². The lowest BCUT2D eigenvalue weighted by Crippen LogP contribution is -2.35. The van der Waals surface area contributed by atoms with E-state index in [1.807, 2.05) is 24.3 Å². The highest BCUT2D eigenvalue weighted by Crippen LogP contribution is 2.11. The van der Waals surface area contributed by atoms with Gasteiger partial charge in [-0.3, -0.25) is 9.59 Å². The smallest absolute Gasteiger partial charge is 0.309 e. The molecular formula is C9H9BrN2O2. The van der Waals surface area contributed by atoms with Crippen LogP contribution in [0.4, 0.5) is 0 Å². The summed E-state index contributed by atoms with van der Waals surface area (Å²) < 4.78 is 0.920. The molecule has 0 aliphatic heterocycles. The molecule has 1 aromatic carbocycles. The van der Waals surface area contributed by atoms with Crippen molar-refractivity contribution in [2.45, 2.75) is 6.54 Å². The summed E-state index contributed by atoms with van der Waals surface area (Å²) in [5, 5.41) is 2.39. The fraction of sp³-hybridized carbons (Fsp3) is 0.111. The quantitative estimate of drug-likeness (QED) is 0.759. The van der Waals surface area contributed by atoms with Crippen molar-refractivity contribution in [1.29, 1.82) is 0 Å². The van der Waals surface area contributed by atoms with Gasteiger partial charge in [-0.15, -0.1) is 0 Å². The van der Waals surface area contributed by atoms with E-state index in [9.17, 15) is 9.59 Å². The minimum atomic E-state index is -0.972. The first kappa shape index (κ1) is 10.7. The largest absolute Gasteiger partial charge is 0.361 e. The molecule has 3 N–H and O–H groups in total. The van der Waals surface area contributed by atoms with E-state index in [4.69, 9.17) is 5.73 Å². The topological polar surface area (TPSA) is 72.2 Å². The van der Waals surface area contributed by atoms with E-state index in [1.54, 1.807) is 0 Å². The van der Waals surface area contributed by atoms with E-state index in [-0.39, 0.29) is 0 Å². The lowest BCUT2D eigenvalue weighted by atomic mass is 10.2. The second-order valence-corrected chi connectivity index (χ2v) is 3.59. The summed E-state index contributed by atoms with van der Waals surface area (Å²) in [5.74, 6) is -1.75. The average molecular weight is 257 g/mol. The molecule has 0 bridgehead atoms. The second-order valence-electron chi connectivity index (χ2n) is 2.68. The van der Waals surface area contributed by atoms with Gasteiger partial charge in [-0.2, -0.15) is 0 Å². The fourth-order valence-electron chi connectivity index (χ4n) is 0.916. The number of halogens is 1. The molecule has 4 nitrogen and oxygen atoms in total. The van der Waals surface area contributed by atoms with E-state index in [0.717, 1.165) is 10.0 Å². The highest BCUT2D eigenvalue weighted by molar-refractivity contribution is 9.10. The number of nitrogens with two attached hydrogens (primary N) is 1. The second kappa shape index (κ2) is 4.76. The van der Waals surface area contributed by atoms with E-state index in [1.165, 1.54) is 0 Å². The van der Waals surface area contributed by atoms with Gasteiger partial charge in [0.1, 0.15) is 0 Å². The zero-order valence-corrected chi connectivity index (χ0v) is 8.87. The average Bonchev–Trinajstić information content (AvgIpc) is 2.14. The number of hydrogen-bond acceptors (Lipinski definition) is 2. The molecule has 0 aliphatic carbocycles. The van der Waals surface area contributed by atoms with Crippen LogP contribution in [0.2, 0.25) is 0 Å². The first-order valence-electron chi connectivity index (χ1n) is 3.91. The van der Waals surface area contributed by atoms with Crippen LogP contribution in [0.5, 0.6) is 0 Å². The monoisotopic (exact) mass is 256 g/mol. The maximum Gasteiger partial charge on any atom is 0.309 e. The van der Waals surface area contributed by atoms with Gasteiger partial charge in [0.25, 0.3) is 0 Å². The van der Waals surface area contributed by atoms with Crippen LogP contribution in [-0.4, -0.2) is 11.8 Å². The third kappa shape index (κ3) is 3.18. The molecular weight excluding hydrogens is 248 g/mol. The number of amides is 2. The highest BCUT2D eigenvalue weighted by Gasteiger charge is 2.06. The molecule has 14 heavy (non-hydrogen) atoms. The minimum Gasteiger partial charge on any atom is -0.361 e. The minimum absolute atomic E-state index is 0.293. The van der Waals surface area contributed by atoms with Crippen molar-refractivity contribution in [3.05, 3.63) is 34.3 Å². The summed E-state index contributed by atoms with van der Waals surface area (Å²) in [4.78, 5) is 21.2. The van der Waals surface area contributed by atoms with Crippen molar-refractivity contribution in [3.8, 4) is 0 Å². The van der Waals surface area contributed by atoms with Crippen molar-refractivity contribution in [2.75, 3.05) is 0 Å². The summed E-state index contributed by atoms with van der Waals surface area (Å²) in [5.41, 5.74) is 5.67. The summed E-state index contributed by atoms with van der Waals surface area (Å²) >= 11 is 3.29. The molecule has 1 aromatic rings. The molecule has 0 fully saturated rings. The maximum absolute atomic E-state index is 10.8. The molecule has 0 radical (unpaired) electrons. The fourth-order valence-corrected chi connectivity index (χ4v) is 1.36. The summed E-state index contributed by atoms with van der Waals surface area (Å²) in [7, 11) is 0. The van der Waals surface area contributed by atoms with E-state index in [2.05, 4.69) is 21.2 Å². The Hall–Kier alpha value is -1.36. The van der Waals surface area contributed by atoms with Gasteiger partial charge in [0.2, 0.25) is 0 Å². The molecule has 0 atom stereocenters. The Bertz CT molecular complexity index is 366. The van der Waals surface area contributed by atoms with Crippen LogP contribution in [-0.2, 0) is 16.1 Å². The van der Waals surface area contributed by atoms with Crippen molar-refractivity contribution >= 4 is 27.7 Å². The molecule has 0 aromatic heterocycles. The number of benzene rings is 1. The summed E-state index contributed by atoms with van der Waals surface area (Å²) in [6.45, 7) is 0.293. The SMILES string of the molecule is NC(=O)C(=O)NCc1cccc(Br)c1. The first-order valence-corrected chi connectivity index (χ1v) is 4.71. The van der Waals surface area contributed by atoms with E-state index < -0.39 is 11.8 Å². The van der Waals surface area contributed by atoms with Crippen molar-refractivity contribution in [2.24, 2.45) is 5.73 Å². The Balaban J connectivity index is 2.54. The van der Waals surface area contributed by atoms with Crippen LogP contribution in [0.15, 0.2) is 28.7 Å². The zero-order valence-electron chi connectivity index (χ0n) is 7.29. The Labute approximate surface area is 89.6 Å². The maximum atomic E-state index is 10.8. The van der Waals surface area contributed by atoms with Gasteiger partial charge < -0.3 is 11.1 Å². The van der Waals surface area contributed by atoms with Crippen molar-refractivity contribution in [1.82, 2.24) is 5.32 Å².